The van der Waals surface area contributed by atoms with Crippen molar-refractivity contribution in [2.24, 2.45) is 0 Å². The molecule has 0 aliphatic carbocycles. The number of nitrogens with zero attached hydrogens (tertiary/aromatic N) is 1. The van der Waals surface area contributed by atoms with Crippen LogP contribution in [0.25, 0.3) is 10.9 Å². The number of H-pyrrole nitrogens is 1. The molecule has 1 amide bonds. The number of aromatic amines is 1. The summed E-state index contributed by atoms with van der Waals surface area (Å²) < 4.78 is 0. The number of alkyl halides is 1. The van der Waals surface area contributed by atoms with Crippen LogP contribution < -0.4 is 0 Å². The first-order valence-corrected chi connectivity index (χ1v) is 8.29. The van der Waals surface area contributed by atoms with Crippen molar-refractivity contribution in [3.8, 4) is 0 Å². The van der Waals surface area contributed by atoms with E-state index in [4.69, 9.17) is 11.6 Å². The Labute approximate surface area is 139 Å². The van der Waals surface area contributed by atoms with Gasteiger partial charge in [-0.1, -0.05) is 36.4 Å². The topological polar surface area (TPSA) is 36.1 Å². The molecule has 23 heavy (non-hydrogen) atoms. The minimum Gasteiger partial charge on any atom is -0.358 e. The molecule has 1 aliphatic heterocycles. The fourth-order valence-electron chi connectivity index (χ4n) is 3.65. The highest BCUT2D eigenvalue weighted by molar-refractivity contribution is 6.18. The molecule has 3 nitrogen and oxygen atoms in total. The zero-order valence-electron chi connectivity index (χ0n) is 12.8. The highest BCUT2D eigenvalue weighted by Crippen LogP contribution is 2.42. The lowest BCUT2D eigenvalue weighted by Crippen LogP contribution is -2.30. The number of nitrogens with one attached hydrogen (secondary N) is 1. The third kappa shape index (κ3) is 2.07. The van der Waals surface area contributed by atoms with Crippen LogP contribution in [0, 0.1) is 6.92 Å². The predicted molar refractivity (Wildman–Crippen MR) is 93.1 cm³/mol. The molecule has 0 radical (unpaired) electrons. The summed E-state index contributed by atoms with van der Waals surface area (Å²) >= 11 is 5.97. The Bertz CT molecular complexity index is 899. The number of hydrogen-bond acceptors (Lipinski definition) is 1. The molecule has 1 unspecified atom stereocenters. The van der Waals surface area contributed by atoms with Crippen LogP contribution in [0.5, 0.6) is 0 Å². The van der Waals surface area contributed by atoms with Gasteiger partial charge < -0.3 is 9.88 Å². The van der Waals surface area contributed by atoms with Crippen LogP contribution in [-0.4, -0.2) is 28.2 Å². The maximum Gasteiger partial charge on any atom is 0.255 e. The van der Waals surface area contributed by atoms with Crippen molar-refractivity contribution in [1.29, 1.82) is 0 Å². The molecule has 116 valence electrons. The number of amides is 1. The molecule has 4 heteroatoms. The van der Waals surface area contributed by atoms with Gasteiger partial charge in [-0.05, 0) is 24.6 Å². The fraction of sp³-hybridized carbons (Fsp3) is 0.211. The zero-order valence-corrected chi connectivity index (χ0v) is 13.6. The van der Waals surface area contributed by atoms with E-state index >= 15 is 0 Å². The van der Waals surface area contributed by atoms with Gasteiger partial charge in [0.1, 0.15) is 0 Å². The van der Waals surface area contributed by atoms with Crippen molar-refractivity contribution in [2.45, 2.75) is 13.0 Å². The van der Waals surface area contributed by atoms with Crippen molar-refractivity contribution in [3.05, 3.63) is 70.9 Å². The predicted octanol–water partition coefficient (Wildman–Crippen LogP) is 4.26. The lowest BCUT2D eigenvalue weighted by molar-refractivity contribution is 0.0761. The molecule has 2 heterocycles. The van der Waals surface area contributed by atoms with Crippen molar-refractivity contribution in [3.63, 3.8) is 0 Å². The van der Waals surface area contributed by atoms with E-state index in [2.05, 4.69) is 24.0 Å². The van der Waals surface area contributed by atoms with Gasteiger partial charge in [0.25, 0.3) is 5.91 Å². The average Bonchev–Trinajstić information content (AvgIpc) is 3.03. The number of halogens is 1. The third-order valence-corrected chi connectivity index (χ3v) is 4.77. The molecule has 1 N–H and O–H groups in total. The van der Waals surface area contributed by atoms with Gasteiger partial charge >= 0.3 is 0 Å². The minimum atomic E-state index is -0.0754. The number of carbonyl (C=O) groups is 1. The molecule has 0 fully saturated rings. The largest absolute Gasteiger partial charge is 0.358 e. The Kier molecular flexibility index (Phi) is 3.38. The van der Waals surface area contributed by atoms with E-state index in [1.807, 2.05) is 41.3 Å². The molecule has 3 aromatic rings. The second kappa shape index (κ2) is 5.43. The van der Waals surface area contributed by atoms with Gasteiger partial charge in [0.05, 0.1) is 6.04 Å². The van der Waals surface area contributed by atoms with E-state index in [-0.39, 0.29) is 11.9 Å². The van der Waals surface area contributed by atoms with Crippen LogP contribution in [-0.2, 0) is 0 Å². The van der Waals surface area contributed by atoms with Crippen LogP contribution >= 0.6 is 11.6 Å². The third-order valence-electron chi connectivity index (χ3n) is 4.60. The number of fused-ring (bicyclic) bond motifs is 2. The van der Waals surface area contributed by atoms with Crippen LogP contribution in [0.1, 0.15) is 33.2 Å². The van der Waals surface area contributed by atoms with Crippen molar-refractivity contribution < 1.29 is 4.79 Å². The Morgan fingerprint density at radius 1 is 1.13 bits per heavy atom. The summed E-state index contributed by atoms with van der Waals surface area (Å²) in [5, 5.41) is 1.17. The lowest BCUT2D eigenvalue weighted by atomic mass is 9.95. The van der Waals surface area contributed by atoms with E-state index in [1.54, 1.807) is 0 Å². The molecule has 0 saturated carbocycles. The minimum absolute atomic E-state index is 0.0657. The Morgan fingerprint density at radius 2 is 1.87 bits per heavy atom. The number of rotatable bonds is 3. The summed E-state index contributed by atoms with van der Waals surface area (Å²) in [4.78, 5) is 18.1. The molecule has 1 atom stereocenters. The van der Waals surface area contributed by atoms with Gasteiger partial charge in [0, 0.05) is 40.1 Å². The van der Waals surface area contributed by atoms with E-state index in [1.165, 1.54) is 10.9 Å². The molecular weight excluding hydrogens is 308 g/mol. The highest BCUT2D eigenvalue weighted by atomic mass is 35.5. The maximum atomic E-state index is 12.8. The van der Waals surface area contributed by atoms with Crippen LogP contribution in [0.3, 0.4) is 0 Å². The first-order chi connectivity index (χ1) is 11.2. The monoisotopic (exact) mass is 324 g/mol. The summed E-state index contributed by atoms with van der Waals surface area (Å²) in [6.07, 6.45) is 0. The molecule has 1 aliphatic rings. The summed E-state index contributed by atoms with van der Waals surface area (Å²) in [6.45, 7) is 2.61. The normalized spacial score (nSPS) is 17.0. The molecule has 4 rings (SSSR count). The fourth-order valence-corrected chi connectivity index (χ4v) is 3.84. The van der Waals surface area contributed by atoms with Crippen molar-refractivity contribution >= 4 is 28.4 Å². The van der Waals surface area contributed by atoms with Crippen LogP contribution in [0.4, 0.5) is 0 Å². The van der Waals surface area contributed by atoms with Gasteiger partial charge in [0.2, 0.25) is 0 Å². The van der Waals surface area contributed by atoms with E-state index < -0.39 is 0 Å². The van der Waals surface area contributed by atoms with E-state index in [9.17, 15) is 4.79 Å². The van der Waals surface area contributed by atoms with Crippen molar-refractivity contribution in [1.82, 2.24) is 9.88 Å². The summed E-state index contributed by atoms with van der Waals surface area (Å²) in [5.74, 6) is 0.494. The smallest absolute Gasteiger partial charge is 0.255 e. The Balaban J connectivity index is 1.97. The lowest BCUT2D eigenvalue weighted by Gasteiger charge is -2.25. The summed E-state index contributed by atoms with van der Waals surface area (Å²) in [7, 11) is 0. The average molecular weight is 325 g/mol. The summed E-state index contributed by atoms with van der Waals surface area (Å²) in [6, 6.07) is 16.0. The number of carbonyl (C=O) groups excluding carboxylic acids is 1. The molecule has 2 aromatic carbocycles. The molecule has 1 aromatic heterocycles. The summed E-state index contributed by atoms with van der Waals surface area (Å²) in [5.41, 5.74) is 5.22. The van der Waals surface area contributed by atoms with E-state index in [0.29, 0.717) is 12.4 Å². The second-order valence-electron chi connectivity index (χ2n) is 5.89. The number of aryl methyl sites for hydroxylation is 1. The molecule has 0 bridgehead atoms. The Morgan fingerprint density at radius 3 is 2.70 bits per heavy atom. The van der Waals surface area contributed by atoms with Crippen molar-refractivity contribution in [2.75, 3.05) is 12.4 Å². The number of benzene rings is 2. The first-order valence-electron chi connectivity index (χ1n) is 7.75. The van der Waals surface area contributed by atoms with Gasteiger partial charge in [0.15, 0.2) is 0 Å². The second-order valence-corrected chi connectivity index (χ2v) is 6.26. The first kappa shape index (κ1) is 14.3. The van der Waals surface area contributed by atoms with Gasteiger partial charge in [-0.2, -0.15) is 0 Å². The van der Waals surface area contributed by atoms with E-state index in [0.717, 1.165) is 22.3 Å². The number of hydrogen-bond donors (Lipinski definition) is 1. The quantitative estimate of drug-likeness (QED) is 0.718. The molecule has 0 spiro atoms. The highest BCUT2D eigenvalue weighted by Gasteiger charge is 2.38. The molecular formula is C19H17ClN2O. The number of para-hydroxylation sites is 1. The van der Waals surface area contributed by atoms with Gasteiger partial charge in [-0.25, -0.2) is 0 Å². The maximum absolute atomic E-state index is 12.8. The number of aromatic nitrogens is 1. The standard InChI is InChI=1S/C19H17ClN2O/c1-12-17(15-8-4-5-9-16(15)21-12)18-13-6-2-3-7-14(13)19(23)22(18)11-10-20/h2-9,18,21H,10-11H2,1H3. The van der Waals surface area contributed by atoms with Crippen LogP contribution in [0.2, 0.25) is 0 Å². The molecule has 0 saturated heterocycles. The zero-order chi connectivity index (χ0) is 16.0. The SMILES string of the molecule is Cc1[nH]c2ccccc2c1C1c2ccccc2C(=O)N1CCCl. The van der Waals surface area contributed by atoms with Crippen LogP contribution in [0.15, 0.2) is 48.5 Å². The van der Waals surface area contributed by atoms with Gasteiger partial charge in [-0.15, -0.1) is 11.6 Å². The Hall–Kier alpha value is -2.26. The van der Waals surface area contributed by atoms with Gasteiger partial charge in [-0.3, -0.25) is 4.79 Å².